The summed E-state index contributed by atoms with van der Waals surface area (Å²) in [5, 5.41) is 0. The molecule has 1 aromatic rings. The van der Waals surface area contributed by atoms with Gasteiger partial charge in [-0.3, -0.25) is 0 Å². The van der Waals surface area contributed by atoms with Crippen LogP contribution in [-0.2, 0) is 25.9 Å². The Morgan fingerprint density at radius 2 is 1.67 bits per heavy atom. The molecule has 0 aliphatic rings. The van der Waals surface area contributed by atoms with Crippen LogP contribution in [0.4, 0.5) is 0 Å². The summed E-state index contributed by atoms with van der Waals surface area (Å²) in [5.74, 6) is 0. The maximum atomic E-state index is 3.76. The zero-order chi connectivity index (χ0) is 5.82. The molecule has 1 heteroatoms. The molecule has 0 nitrogen and oxygen atoms in total. The Morgan fingerprint density at radius 1 is 1.11 bits per heavy atom. The van der Waals surface area contributed by atoms with E-state index in [2.05, 4.69) is 19.1 Å². The first-order valence-electron chi connectivity index (χ1n) is 2.76. The summed E-state index contributed by atoms with van der Waals surface area (Å²) >= 11 is 0. The normalized spacial score (nSPS) is 8.11. The van der Waals surface area contributed by atoms with Gasteiger partial charge in [-0.1, -0.05) is 35.9 Å². The van der Waals surface area contributed by atoms with Crippen molar-refractivity contribution in [3.8, 4) is 0 Å². The van der Waals surface area contributed by atoms with Crippen LogP contribution in [0.3, 0.4) is 0 Å². The molecule has 0 saturated carbocycles. The van der Waals surface area contributed by atoms with Crippen LogP contribution >= 0.6 is 0 Å². The maximum Gasteiger partial charge on any atom is 1.00 e. The third-order valence-corrected chi connectivity index (χ3v) is 1.13. The van der Waals surface area contributed by atoms with Gasteiger partial charge in [0.05, 0.1) is 0 Å². The summed E-state index contributed by atoms with van der Waals surface area (Å²) in [6, 6.07) is 10.2. The minimum atomic E-state index is 0. The molecule has 0 atom stereocenters. The van der Waals surface area contributed by atoms with Crippen molar-refractivity contribution < 1.29 is 19.5 Å². The van der Waals surface area contributed by atoms with Gasteiger partial charge in [-0.2, -0.15) is 6.42 Å². The van der Waals surface area contributed by atoms with Crippen molar-refractivity contribution >= 4 is 0 Å². The van der Waals surface area contributed by atoms with Gasteiger partial charge in [0.15, 0.2) is 0 Å². The molecule has 0 aliphatic carbocycles. The molecule has 0 heterocycles. The Labute approximate surface area is 69.0 Å². The Bertz CT molecular complexity index is 146. The minimum absolute atomic E-state index is 0. The van der Waals surface area contributed by atoms with Crippen LogP contribution in [0.2, 0.25) is 0 Å². The molecule has 1 aromatic carbocycles. The average Bonchev–Trinajstić information content (AvgIpc) is 1.90. The summed E-state index contributed by atoms with van der Waals surface area (Å²) < 4.78 is 0. The van der Waals surface area contributed by atoms with Crippen molar-refractivity contribution in [1.29, 1.82) is 0 Å². The molecule has 0 N–H and O–H groups in total. The molecule has 9 heavy (non-hydrogen) atoms. The van der Waals surface area contributed by atoms with E-state index in [1.807, 2.05) is 18.2 Å². The summed E-state index contributed by atoms with van der Waals surface area (Å²) in [6.45, 7) is 3.76. The van der Waals surface area contributed by atoms with Crippen molar-refractivity contribution in [2.75, 3.05) is 0 Å². The van der Waals surface area contributed by atoms with E-state index in [1.54, 1.807) is 0 Å². The van der Waals surface area contributed by atoms with Crippen LogP contribution in [0.1, 0.15) is 5.56 Å². The van der Waals surface area contributed by atoms with E-state index < -0.39 is 0 Å². The Kier molecular flexibility index (Phi) is 4.62. The van der Waals surface area contributed by atoms with Gasteiger partial charge in [-0.15, -0.1) is 0 Å². The zero-order valence-corrected chi connectivity index (χ0v) is 6.89. The molecule has 0 fully saturated rings. The van der Waals surface area contributed by atoms with Gasteiger partial charge in [0, 0.05) is 0 Å². The van der Waals surface area contributed by atoms with Gasteiger partial charge >= 0.3 is 19.5 Å². The first-order chi connectivity index (χ1) is 3.93. The molecule has 0 bridgehead atoms. The topological polar surface area (TPSA) is 0 Å². The molecule has 0 unspecified atom stereocenters. The van der Waals surface area contributed by atoms with Crippen LogP contribution < -0.4 is 0 Å². The average molecular weight is 206 g/mol. The first kappa shape index (κ1) is 8.84. The van der Waals surface area contributed by atoms with Gasteiger partial charge in [-0.25, -0.2) is 0 Å². The second-order valence-electron chi connectivity index (χ2n) is 1.74. The molecule has 0 saturated heterocycles. The zero-order valence-electron chi connectivity index (χ0n) is 5.15. The van der Waals surface area contributed by atoms with E-state index >= 15 is 0 Å². The number of benzene rings is 1. The number of rotatable bonds is 1. The summed E-state index contributed by atoms with van der Waals surface area (Å²) in [5.41, 5.74) is 1.30. The Hall–Kier alpha value is -0.157. The van der Waals surface area contributed by atoms with Crippen molar-refractivity contribution in [3.63, 3.8) is 0 Å². The first-order valence-corrected chi connectivity index (χ1v) is 2.76. The molecule has 0 spiro atoms. The third kappa shape index (κ3) is 2.76. The van der Waals surface area contributed by atoms with Gasteiger partial charge in [0.2, 0.25) is 0 Å². The molecule has 49 valence electrons. The van der Waals surface area contributed by atoms with Crippen molar-refractivity contribution in [2.24, 2.45) is 0 Å². The van der Waals surface area contributed by atoms with Gasteiger partial charge in [-0.05, 0) is 0 Å². The standard InChI is InChI=1S/C8H9.Ru/c1-2-8-6-4-3-5-7-8;/h3-7H,1-2H2;/q-1;+1. The monoisotopic (exact) mass is 207 g/mol. The Morgan fingerprint density at radius 3 is 2.00 bits per heavy atom. The molecule has 1 rings (SSSR count). The summed E-state index contributed by atoms with van der Waals surface area (Å²) in [7, 11) is 0. The second kappa shape index (κ2) is 4.70. The van der Waals surface area contributed by atoms with E-state index in [0.29, 0.717) is 0 Å². The van der Waals surface area contributed by atoms with E-state index in [9.17, 15) is 0 Å². The van der Waals surface area contributed by atoms with Crippen LogP contribution in [-0.4, -0.2) is 0 Å². The minimum Gasteiger partial charge on any atom is -0.339 e. The molecule has 0 aliphatic heterocycles. The van der Waals surface area contributed by atoms with Crippen LogP contribution in [0.25, 0.3) is 0 Å². The van der Waals surface area contributed by atoms with Crippen LogP contribution in [0.5, 0.6) is 0 Å². The molecular weight excluding hydrogens is 197 g/mol. The quantitative estimate of drug-likeness (QED) is 0.487. The van der Waals surface area contributed by atoms with Gasteiger partial charge in [0.1, 0.15) is 0 Å². The van der Waals surface area contributed by atoms with Crippen LogP contribution in [0, 0.1) is 6.92 Å². The molecule has 1 radical (unpaired) electrons. The molecular formula is C8H9Ru. The van der Waals surface area contributed by atoms with E-state index in [0.717, 1.165) is 6.42 Å². The van der Waals surface area contributed by atoms with E-state index in [1.165, 1.54) is 5.56 Å². The predicted molar refractivity (Wildman–Crippen MR) is 35.5 cm³/mol. The molecule has 0 aromatic heterocycles. The molecule has 0 amide bonds. The SMILES string of the molecule is [CH2-]Cc1ccccc1.[Ru+]. The summed E-state index contributed by atoms with van der Waals surface area (Å²) in [4.78, 5) is 0. The Balaban J connectivity index is 0.000000640. The summed E-state index contributed by atoms with van der Waals surface area (Å²) in [6.07, 6.45) is 0.890. The van der Waals surface area contributed by atoms with Crippen molar-refractivity contribution in [1.82, 2.24) is 0 Å². The van der Waals surface area contributed by atoms with E-state index in [4.69, 9.17) is 0 Å². The maximum absolute atomic E-state index is 3.76. The third-order valence-electron chi connectivity index (χ3n) is 1.13. The van der Waals surface area contributed by atoms with Crippen LogP contribution in [0.15, 0.2) is 30.3 Å². The van der Waals surface area contributed by atoms with E-state index in [-0.39, 0.29) is 19.5 Å². The fourth-order valence-corrected chi connectivity index (χ4v) is 0.645. The second-order valence-corrected chi connectivity index (χ2v) is 1.74. The largest absolute Gasteiger partial charge is 1.00 e. The fraction of sp³-hybridized carbons (Fsp3) is 0.125. The van der Waals surface area contributed by atoms with Gasteiger partial charge in [0.25, 0.3) is 0 Å². The predicted octanol–water partition coefficient (Wildman–Crippen LogP) is 2.06. The van der Waals surface area contributed by atoms with Crippen molar-refractivity contribution in [3.05, 3.63) is 42.8 Å². The number of hydrogen-bond donors (Lipinski definition) is 0. The number of hydrogen-bond acceptors (Lipinski definition) is 0. The van der Waals surface area contributed by atoms with Gasteiger partial charge < -0.3 is 6.92 Å². The van der Waals surface area contributed by atoms with Crippen molar-refractivity contribution in [2.45, 2.75) is 6.42 Å². The fourth-order valence-electron chi connectivity index (χ4n) is 0.645. The smallest absolute Gasteiger partial charge is 0.339 e.